The number of rotatable bonds is 7. The lowest BCUT2D eigenvalue weighted by molar-refractivity contribution is 0.483. The first-order valence-electron chi connectivity index (χ1n) is 8.32. The van der Waals surface area contributed by atoms with Gasteiger partial charge in [-0.15, -0.1) is 0 Å². The highest BCUT2D eigenvalue weighted by molar-refractivity contribution is 7.92. The molecule has 0 spiro atoms. The molecule has 0 radical (unpaired) electrons. The van der Waals surface area contributed by atoms with Gasteiger partial charge < -0.3 is 4.74 Å². The van der Waals surface area contributed by atoms with E-state index in [9.17, 15) is 8.42 Å². The normalized spacial score (nSPS) is 11.1. The summed E-state index contributed by atoms with van der Waals surface area (Å²) in [6.45, 7) is 1.80. The number of aromatic nitrogens is 1. The van der Waals surface area contributed by atoms with Gasteiger partial charge in [-0.3, -0.25) is 9.29 Å². The molecule has 0 aliphatic rings. The molecule has 0 aliphatic carbocycles. The first-order valence-corrected chi connectivity index (χ1v) is 9.93. The molecule has 6 heteroatoms. The number of ether oxygens (including phenoxy) is 1. The SMILES string of the molecule is CCS(=O)(=O)N(Cc1ccccn1)c1cccc(Oc2ccccc2)c1. The number of sulfonamides is 1. The third-order valence-corrected chi connectivity index (χ3v) is 5.56. The minimum Gasteiger partial charge on any atom is -0.457 e. The predicted molar refractivity (Wildman–Crippen MR) is 103 cm³/mol. The van der Waals surface area contributed by atoms with Crippen molar-refractivity contribution in [2.45, 2.75) is 13.5 Å². The Morgan fingerprint density at radius 2 is 1.65 bits per heavy atom. The van der Waals surface area contributed by atoms with Gasteiger partial charge in [0.1, 0.15) is 11.5 Å². The van der Waals surface area contributed by atoms with Gasteiger partial charge in [0, 0.05) is 12.3 Å². The van der Waals surface area contributed by atoms with Crippen molar-refractivity contribution < 1.29 is 13.2 Å². The Balaban J connectivity index is 1.92. The van der Waals surface area contributed by atoms with Gasteiger partial charge >= 0.3 is 0 Å². The van der Waals surface area contributed by atoms with Crippen molar-refractivity contribution in [3.63, 3.8) is 0 Å². The predicted octanol–water partition coefficient (Wildman–Crippen LogP) is 4.23. The van der Waals surface area contributed by atoms with Crippen LogP contribution in [0, 0.1) is 0 Å². The average molecular weight is 368 g/mol. The molecule has 0 aliphatic heterocycles. The Morgan fingerprint density at radius 1 is 0.923 bits per heavy atom. The molecule has 1 heterocycles. The minimum absolute atomic E-state index is 0.00357. The monoisotopic (exact) mass is 368 g/mol. The Hall–Kier alpha value is -2.86. The van der Waals surface area contributed by atoms with E-state index in [4.69, 9.17) is 4.74 Å². The van der Waals surface area contributed by atoms with Crippen LogP contribution < -0.4 is 9.04 Å². The number of hydrogen-bond acceptors (Lipinski definition) is 4. The van der Waals surface area contributed by atoms with Crippen LogP contribution in [0.4, 0.5) is 5.69 Å². The Bertz CT molecular complexity index is 945. The van der Waals surface area contributed by atoms with Gasteiger partial charge in [-0.05, 0) is 43.3 Å². The van der Waals surface area contributed by atoms with E-state index in [0.717, 1.165) is 0 Å². The number of hydrogen-bond donors (Lipinski definition) is 0. The van der Waals surface area contributed by atoms with Crippen LogP contribution >= 0.6 is 0 Å². The smallest absolute Gasteiger partial charge is 0.235 e. The van der Waals surface area contributed by atoms with E-state index in [-0.39, 0.29) is 12.3 Å². The molecule has 0 amide bonds. The Kier molecular flexibility index (Phi) is 5.53. The second-order valence-corrected chi connectivity index (χ2v) is 7.82. The number of para-hydroxylation sites is 1. The van der Waals surface area contributed by atoms with E-state index in [0.29, 0.717) is 22.9 Å². The molecule has 26 heavy (non-hydrogen) atoms. The summed E-state index contributed by atoms with van der Waals surface area (Å²) >= 11 is 0. The maximum absolute atomic E-state index is 12.6. The molecule has 0 fully saturated rings. The summed E-state index contributed by atoms with van der Waals surface area (Å²) in [7, 11) is -3.46. The molecule has 1 aromatic heterocycles. The van der Waals surface area contributed by atoms with Crippen molar-refractivity contribution in [2.75, 3.05) is 10.1 Å². The molecule has 3 aromatic rings. The van der Waals surface area contributed by atoms with E-state index in [1.807, 2.05) is 42.5 Å². The number of anilines is 1. The molecule has 0 atom stereocenters. The van der Waals surface area contributed by atoms with Crippen molar-refractivity contribution in [2.24, 2.45) is 0 Å². The fourth-order valence-electron chi connectivity index (χ4n) is 2.47. The fraction of sp³-hybridized carbons (Fsp3) is 0.150. The van der Waals surface area contributed by atoms with Gasteiger partial charge in [-0.25, -0.2) is 8.42 Å². The van der Waals surface area contributed by atoms with E-state index < -0.39 is 10.0 Å². The lowest BCUT2D eigenvalue weighted by Crippen LogP contribution is -2.32. The van der Waals surface area contributed by atoms with Crippen LogP contribution in [0.1, 0.15) is 12.6 Å². The summed E-state index contributed by atoms with van der Waals surface area (Å²) < 4.78 is 32.5. The molecule has 0 N–H and O–H groups in total. The standard InChI is InChI=1S/C20H20N2O3S/c1-2-26(23,24)22(16-17-9-6-7-14-21-17)18-10-8-13-20(15-18)25-19-11-4-3-5-12-19/h3-15H,2,16H2,1H3. The average Bonchev–Trinajstić information content (AvgIpc) is 2.68. The molecule has 0 saturated heterocycles. The highest BCUT2D eigenvalue weighted by Crippen LogP contribution is 2.28. The quantitative estimate of drug-likeness (QED) is 0.626. The topological polar surface area (TPSA) is 59.5 Å². The zero-order valence-electron chi connectivity index (χ0n) is 14.4. The van der Waals surface area contributed by atoms with Gasteiger partial charge in [0.25, 0.3) is 0 Å². The Morgan fingerprint density at radius 3 is 2.35 bits per heavy atom. The van der Waals surface area contributed by atoms with Crippen LogP contribution in [0.25, 0.3) is 0 Å². The molecule has 0 bridgehead atoms. The first-order chi connectivity index (χ1) is 12.6. The largest absolute Gasteiger partial charge is 0.457 e. The van der Waals surface area contributed by atoms with Gasteiger partial charge in [-0.2, -0.15) is 0 Å². The number of pyridine rings is 1. The Labute approximate surface area is 153 Å². The zero-order valence-corrected chi connectivity index (χ0v) is 15.3. The summed E-state index contributed by atoms with van der Waals surface area (Å²) in [4.78, 5) is 4.24. The van der Waals surface area contributed by atoms with E-state index in [2.05, 4.69) is 4.98 Å². The molecule has 5 nitrogen and oxygen atoms in total. The van der Waals surface area contributed by atoms with Gasteiger partial charge in [0.2, 0.25) is 10.0 Å². The maximum atomic E-state index is 12.6. The lowest BCUT2D eigenvalue weighted by atomic mass is 10.2. The molecule has 3 rings (SSSR count). The zero-order chi connectivity index (χ0) is 18.4. The van der Waals surface area contributed by atoms with Crippen molar-refractivity contribution in [3.8, 4) is 11.5 Å². The van der Waals surface area contributed by atoms with E-state index in [1.54, 1.807) is 43.5 Å². The number of benzene rings is 2. The molecular formula is C20H20N2O3S. The third-order valence-electron chi connectivity index (χ3n) is 3.82. The van der Waals surface area contributed by atoms with Crippen molar-refractivity contribution >= 4 is 15.7 Å². The summed E-state index contributed by atoms with van der Waals surface area (Å²) in [6.07, 6.45) is 1.65. The lowest BCUT2D eigenvalue weighted by Gasteiger charge is -2.24. The van der Waals surface area contributed by atoms with Crippen LogP contribution in [-0.4, -0.2) is 19.2 Å². The summed E-state index contributed by atoms with van der Waals surface area (Å²) in [6, 6.07) is 21.9. The summed E-state index contributed by atoms with van der Waals surface area (Å²) in [5.41, 5.74) is 1.23. The molecule has 0 unspecified atom stereocenters. The van der Waals surface area contributed by atoms with Gasteiger partial charge in [0.05, 0.1) is 23.7 Å². The highest BCUT2D eigenvalue weighted by Gasteiger charge is 2.22. The van der Waals surface area contributed by atoms with Crippen molar-refractivity contribution in [1.29, 1.82) is 0 Å². The van der Waals surface area contributed by atoms with Crippen molar-refractivity contribution in [1.82, 2.24) is 4.98 Å². The summed E-state index contributed by atoms with van der Waals surface area (Å²) in [5.74, 6) is 1.27. The van der Waals surface area contributed by atoms with E-state index in [1.165, 1.54) is 4.31 Å². The van der Waals surface area contributed by atoms with Crippen LogP contribution in [0.3, 0.4) is 0 Å². The van der Waals surface area contributed by atoms with Crippen LogP contribution in [0.15, 0.2) is 79.0 Å². The van der Waals surface area contributed by atoms with E-state index >= 15 is 0 Å². The maximum Gasteiger partial charge on any atom is 0.235 e. The molecule has 0 saturated carbocycles. The van der Waals surface area contributed by atoms with Crippen LogP contribution in [0.5, 0.6) is 11.5 Å². The van der Waals surface area contributed by atoms with Gasteiger partial charge in [0.15, 0.2) is 0 Å². The highest BCUT2D eigenvalue weighted by atomic mass is 32.2. The number of nitrogens with zero attached hydrogens (tertiary/aromatic N) is 2. The first kappa shape index (κ1) is 17.9. The fourth-order valence-corrected chi connectivity index (χ4v) is 3.55. The second-order valence-electron chi connectivity index (χ2n) is 5.64. The third kappa shape index (κ3) is 4.40. The second kappa shape index (κ2) is 8.01. The van der Waals surface area contributed by atoms with Crippen molar-refractivity contribution in [3.05, 3.63) is 84.7 Å². The van der Waals surface area contributed by atoms with Crippen LogP contribution in [-0.2, 0) is 16.6 Å². The summed E-state index contributed by atoms with van der Waals surface area (Å²) in [5, 5.41) is 0. The van der Waals surface area contributed by atoms with Crippen LogP contribution in [0.2, 0.25) is 0 Å². The molecular weight excluding hydrogens is 348 g/mol. The van der Waals surface area contributed by atoms with Gasteiger partial charge in [-0.1, -0.05) is 30.3 Å². The molecule has 2 aromatic carbocycles. The molecule has 134 valence electrons. The minimum atomic E-state index is -3.46.